The minimum Gasteiger partial charge on any atom is -0.492 e. The number of rotatable bonds is 5. The zero-order chi connectivity index (χ0) is 12.8. The lowest BCUT2D eigenvalue weighted by molar-refractivity contribution is 0.0322. The Balaban J connectivity index is 1.77. The van der Waals surface area contributed by atoms with Gasteiger partial charge in [-0.1, -0.05) is 12.1 Å². The van der Waals surface area contributed by atoms with E-state index in [0.717, 1.165) is 44.2 Å². The van der Waals surface area contributed by atoms with E-state index in [4.69, 9.17) is 15.2 Å². The second kappa shape index (κ2) is 6.73. The molecular weight excluding hydrogens is 228 g/mol. The summed E-state index contributed by atoms with van der Waals surface area (Å²) in [6, 6.07) is 8.06. The Kier molecular flexibility index (Phi) is 4.99. The molecule has 100 valence electrons. The standard InChI is InChI=1S/C14H22N2O2/c1-12(15)13-3-2-4-14(11-13)18-10-7-16-5-8-17-9-6-16/h2-4,11-12H,5-10,15H2,1H3/t12-/m0/s1. The quantitative estimate of drug-likeness (QED) is 0.858. The third-order valence-corrected chi connectivity index (χ3v) is 3.16. The van der Waals surface area contributed by atoms with Crippen molar-refractivity contribution < 1.29 is 9.47 Å². The second-order valence-corrected chi connectivity index (χ2v) is 4.66. The number of benzene rings is 1. The lowest BCUT2D eigenvalue weighted by Gasteiger charge is -2.26. The minimum absolute atomic E-state index is 0.0489. The van der Waals surface area contributed by atoms with Crippen molar-refractivity contribution in [1.29, 1.82) is 0 Å². The van der Waals surface area contributed by atoms with Gasteiger partial charge in [0, 0.05) is 25.7 Å². The van der Waals surface area contributed by atoms with Crippen LogP contribution >= 0.6 is 0 Å². The first-order chi connectivity index (χ1) is 8.75. The summed E-state index contributed by atoms with van der Waals surface area (Å²) >= 11 is 0. The van der Waals surface area contributed by atoms with E-state index in [1.165, 1.54) is 0 Å². The van der Waals surface area contributed by atoms with Gasteiger partial charge in [0.25, 0.3) is 0 Å². The molecule has 0 unspecified atom stereocenters. The lowest BCUT2D eigenvalue weighted by atomic mass is 10.1. The molecule has 1 aromatic rings. The Hall–Kier alpha value is -1.10. The van der Waals surface area contributed by atoms with Crippen LogP contribution in [0.4, 0.5) is 0 Å². The van der Waals surface area contributed by atoms with Crippen LogP contribution in [0, 0.1) is 0 Å². The number of nitrogens with two attached hydrogens (primary N) is 1. The van der Waals surface area contributed by atoms with E-state index in [1.54, 1.807) is 0 Å². The summed E-state index contributed by atoms with van der Waals surface area (Å²) in [6.07, 6.45) is 0. The van der Waals surface area contributed by atoms with Gasteiger partial charge in [0.15, 0.2) is 0 Å². The van der Waals surface area contributed by atoms with E-state index >= 15 is 0 Å². The van der Waals surface area contributed by atoms with E-state index in [1.807, 2.05) is 31.2 Å². The summed E-state index contributed by atoms with van der Waals surface area (Å²) < 4.78 is 11.1. The smallest absolute Gasteiger partial charge is 0.119 e. The molecular formula is C14H22N2O2. The highest BCUT2D eigenvalue weighted by Gasteiger charge is 2.09. The van der Waals surface area contributed by atoms with Gasteiger partial charge >= 0.3 is 0 Å². The van der Waals surface area contributed by atoms with Gasteiger partial charge in [0.1, 0.15) is 12.4 Å². The summed E-state index contributed by atoms with van der Waals surface area (Å²) in [7, 11) is 0. The fourth-order valence-electron chi connectivity index (χ4n) is 2.00. The summed E-state index contributed by atoms with van der Waals surface area (Å²) in [5, 5.41) is 0. The molecule has 0 saturated carbocycles. The van der Waals surface area contributed by atoms with E-state index in [0.29, 0.717) is 6.61 Å². The highest BCUT2D eigenvalue weighted by atomic mass is 16.5. The van der Waals surface area contributed by atoms with Crippen LogP contribution < -0.4 is 10.5 Å². The van der Waals surface area contributed by atoms with Gasteiger partial charge in [-0.25, -0.2) is 0 Å². The summed E-state index contributed by atoms with van der Waals surface area (Å²) in [4.78, 5) is 2.36. The molecule has 1 aliphatic rings. The first kappa shape index (κ1) is 13.3. The van der Waals surface area contributed by atoms with Crippen LogP contribution in [0.25, 0.3) is 0 Å². The highest BCUT2D eigenvalue weighted by molar-refractivity contribution is 5.30. The molecule has 0 spiro atoms. The third-order valence-electron chi connectivity index (χ3n) is 3.16. The van der Waals surface area contributed by atoms with Crippen molar-refractivity contribution in [3.8, 4) is 5.75 Å². The molecule has 18 heavy (non-hydrogen) atoms. The van der Waals surface area contributed by atoms with Crippen LogP contribution in [0.3, 0.4) is 0 Å². The first-order valence-electron chi connectivity index (χ1n) is 6.54. The SMILES string of the molecule is C[C@H](N)c1cccc(OCCN2CCOCC2)c1. The first-order valence-corrected chi connectivity index (χ1v) is 6.54. The molecule has 4 nitrogen and oxygen atoms in total. The van der Waals surface area contributed by atoms with Crippen molar-refractivity contribution >= 4 is 0 Å². The predicted octanol–water partition coefficient (Wildman–Crippen LogP) is 1.42. The number of morpholine rings is 1. The maximum absolute atomic E-state index is 5.85. The Morgan fingerprint density at radius 3 is 2.89 bits per heavy atom. The van der Waals surface area contributed by atoms with Crippen LogP contribution in [-0.4, -0.2) is 44.4 Å². The average Bonchev–Trinajstić information content (AvgIpc) is 2.40. The predicted molar refractivity (Wildman–Crippen MR) is 71.8 cm³/mol. The molecule has 0 radical (unpaired) electrons. The minimum atomic E-state index is 0.0489. The van der Waals surface area contributed by atoms with Gasteiger partial charge in [-0.05, 0) is 24.6 Å². The van der Waals surface area contributed by atoms with E-state index in [9.17, 15) is 0 Å². The molecule has 4 heteroatoms. The molecule has 1 aromatic carbocycles. The molecule has 2 rings (SSSR count). The van der Waals surface area contributed by atoms with Crippen molar-refractivity contribution in [2.24, 2.45) is 5.73 Å². The van der Waals surface area contributed by atoms with E-state index in [-0.39, 0.29) is 6.04 Å². The second-order valence-electron chi connectivity index (χ2n) is 4.66. The zero-order valence-corrected chi connectivity index (χ0v) is 11.0. The Morgan fingerprint density at radius 1 is 1.39 bits per heavy atom. The van der Waals surface area contributed by atoms with Crippen molar-refractivity contribution in [2.45, 2.75) is 13.0 Å². The molecule has 1 aliphatic heterocycles. The van der Waals surface area contributed by atoms with Crippen molar-refractivity contribution in [1.82, 2.24) is 4.90 Å². The fraction of sp³-hybridized carbons (Fsp3) is 0.571. The maximum atomic E-state index is 5.85. The van der Waals surface area contributed by atoms with Gasteiger partial charge in [-0.3, -0.25) is 4.90 Å². The van der Waals surface area contributed by atoms with Crippen LogP contribution in [0.2, 0.25) is 0 Å². The summed E-state index contributed by atoms with van der Waals surface area (Å²) in [5.74, 6) is 0.901. The lowest BCUT2D eigenvalue weighted by Crippen LogP contribution is -2.38. The average molecular weight is 250 g/mol. The highest BCUT2D eigenvalue weighted by Crippen LogP contribution is 2.17. The van der Waals surface area contributed by atoms with Crippen molar-refractivity contribution in [3.63, 3.8) is 0 Å². The molecule has 0 aliphatic carbocycles. The van der Waals surface area contributed by atoms with Crippen LogP contribution in [-0.2, 0) is 4.74 Å². The Labute approximate surface area is 109 Å². The van der Waals surface area contributed by atoms with Crippen LogP contribution in [0.5, 0.6) is 5.75 Å². The number of hydrogen-bond acceptors (Lipinski definition) is 4. The normalized spacial score (nSPS) is 18.6. The Morgan fingerprint density at radius 2 is 2.17 bits per heavy atom. The number of ether oxygens (including phenoxy) is 2. The zero-order valence-electron chi connectivity index (χ0n) is 11.0. The molecule has 1 fully saturated rings. The van der Waals surface area contributed by atoms with Crippen molar-refractivity contribution in [2.75, 3.05) is 39.5 Å². The molecule has 1 atom stereocenters. The molecule has 1 heterocycles. The van der Waals surface area contributed by atoms with Crippen molar-refractivity contribution in [3.05, 3.63) is 29.8 Å². The number of nitrogens with zero attached hydrogens (tertiary/aromatic N) is 1. The fourth-order valence-corrected chi connectivity index (χ4v) is 2.00. The molecule has 0 bridgehead atoms. The van der Waals surface area contributed by atoms with Gasteiger partial charge < -0.3 is 15.2 Å². The monoisotopic (exact) mass is 250 g/mol. The molecule has 0 aromatic heterocycles. The van der Waals surface area contributed by atoms with Gasteiger partial charge in [-0.2, -0.15) is 0 Å². The van der Waals surface area contributed by atoms with Gasteiger partial charge in [-0.15, -0.1) is 0 Å². The van der Waals surface area contributed by atoms with Crippen LogP contribution in [0.15, 0.2) is 24.3 Å². The topological polar surface area (TPSA) is 47.7 Å². The van der Waals surface area contributed by atoms with E-state index < -0.39 is 0 Å². The van der Waals surface area contributed by atoms with Gasteiger partial charge in [0.05, 0.1) is 13.2 Å². The van der Waals surface area contributed by atoms with Crippen LogP contribution in [0.1, 0.15) is 18.5 Å². The summed E-state index contributed by atoms with van der Waals surface area (Å²) in [5.41, 5.74) is 6.96. The number of hydrogen-bond donors (Lipinski definition) is 1. The largest absolute Gasteiger partial charge is 0.492 e. The Bertz CT molecular complexity index is 363. The van der Waals surface area contributed by atoms with E-state index in [2.05, 4.69) is 4.90 Å². The van der Waals surface area contributed by atoms with Gasteiger partial charge in [0.2, 0.25) is 0 Å². The summed E-state index contributed by atoms with van der Waals surface area (Å²) in [6.45, 7) is 7.31. The molecule has 2 N–H and O–H groups in total. The third kappa shape index (κ3) is 3.98. The molecule has 1 saturated heterocycles. The maximum Gasteiger partial charge on any atom is 0.119 e. The molecule has 0 amide bonds.